The number of ether oxygens (including phenoxy) is 1. The fourth-order valence-corrected chi connectivity index (χ4v) is 2.05. The van der Waals surface area contributed by atoms with E-state index >= 15 is 0 Å². The summed E-state index contributed by atoms with van der Waals surface area (Å²) in [7, 11) is 0. The van der Waals surface area contributed by atoms with E-state index in [-0.39, 0.29) is 0 Å². The number of aryl methyl sites for hydroxylation is 2. The van der Waals surface area contributed by atoms with E-state index in [9.17, 15) is 9.59 Å². The van der Waals surface area contributed by atoms with Crippen molar-refractivity contribution in [1.29, 1.82) is 0 Å². The summed E-state index contributed by atoms with van der Waals surface area (Å²) in [6.07, 6.45) is 2.65. The quantitative estimate of drug-likeness (QED) is 0.489. The molecule has 0 radical (unpaired) electrons. The third-order valence-corrected chi connectivity index (χ3v) is 2.92. The van der Waals surface area contributed by atoms with Crippen LogP contribution in [0.5, 0.6) is 0 Å². The molecule has 0 spiro atoms. The zero-order valence-electron chi connectivity index (χ0n) is 11.7. The Hall–Kier alpha value is -2.36. The monoisotopic (exact) mass is 272 g/mol. The van der Waals surface area contributed by atoms with Crippen LogP contribution in [0, 0.1) is 13.8 Å². The van der Waals surface area contributed by atoms with Crippen LogP contribution in [0.3, 0.4) is 0 Å². The highest BCUT2D eigenvalue weighted by Crippen LogP contribution is 2.20. The minimum Gasteiger partial charge on any atom is -0.463 e. The van der Waals surface area contributed by atoms with Crippen molar-refractivity contribution in [2.75, 3.05) is 6.61 Å². The van der Waals surface area contributed by atoms with Crippen molar-refractivity contribution in [3.05, 3.63) is 51.4 Å². The lowest BCUT2D eigenvalue weighted by atomic mass is 10.1. The maximum Gasteiger partial charge on any atom is 0.343 e. The summed E-state index contributed by atoms with van der Waals surface area (Å²) < 4.78 is 10.1. The van der Waals surface area contributed by atoms with Gasteiger partial charge in [0.1, 0.15) is 5.58 Å². The first kappa shape index (κ1) is 14.1. The maximum absolute atomic E-state index is 11.9. The van der Waals surface area contributed by atoms with Crippen LogP contribution in [0.25, 0.3) is 17.0 Å². The molecule has 4 heteroatoms. The largest absolute Gasteiger partial charge is 0.463 e. The van der Waals surface area contributed by atoms with Gasteiger partial charge in [0.05, 0.1) is 12.2 Å². The lowest BCUT2D eigenvalue weighted by molar-refractivity contribution is -0.137. The van der Waals surface area contributed by atoms with Crippen LogP contribution in [0.1, 0.15) is 23.6 Å². The molecule has 0 aliphatic rings. The molecule has 0 saturated carbocycles. The second-order valence-electron chi connectivity index (χ2n) is 4.57. The molecule has 0 unspecified atom stereocenters. The molecule has 2 aromatic rings. The Balaban J connectivity index is 2.48. The van der Waals surface area contributed by atoms with E-state index in [1.54, 1.807) is 13.0 Å². The molecule has 0 N–H and O–H groups in total. The second-order valence-corrected chi connectivity index (χ2v) is 4.57. The Morgan fingerprint density at radius 2 is 2.05 bits per heavy atom. The predicted molar refractivity (Wildman–Crippen MR) is 77.6 cm³/mol. The van der Waals surface area contributed by atoms with Crippen molar-refractivity contribution in [1.82, 2.24) is 0 Å². The van der Waals surface area contributed by atoms with E-state index in [0.717, 1.165) is 16.5 Å². The van der Waals surface area contributed by atoms with Crippen molar-refractivity contribution in [2.45, 2.75) is 20.8 Å². The van der Waals surface area contributed by atoms with Gasteiger partial charge in [0, 0.05) is 11.5 Å². The van der Waals surface area contributed by atoms with E-state index < -0.39 is 11.6 Å². The van der Waals surface area contributed by atoms with Crippen molar-refractivity contribution in [2.24, 2.45) is 0 Å². The smallest absolute Gasteiger partial charge is 0.343 e. The zero-order valence-corrected chi connectivity index (χ0v) is 11.7. The molecule has 2 rings (SSSR count). The molecule has 0 bridgehead atoms. The predicted octanol–water partition coefficient (Wildman–Crippen LogP) is 2.99. The molecule has 0 aliphatic carbocycles. The Labute approximate surface area is 116 Å². The topological polar surface area (TPSA) is 56.5 Å². The highest BCUT2D eigenvalue weighted by molar-refractivity contribution is 5.88. The third kappa shape index (κ3) is 2.96. The summed E-state index contributed by atoms with van der Waals surface area (Å²) in [6, 6.07) is 5.56. The average Bonchev–Trinajstić information content (AvgIpc) is 2.36. The first-order valence-corrected chi connectivity index (χ1v) is 6.41. The average molecular weight is 272 g/mol. The molecule has 0 atom stereocenters. The molecule has 1 aromatic heterocycles. The van der Waals surface area contributed by atoms with Gasteiger partial charge in [0.2, 0.25) is 0 Å². The van der Waals surface area contributed by atoms with Crippen LogP contribution in [0.2, 0.25) is 0 Å². The molecule has 0 amide bonds. The minimum atomic E-state index is -0.479. The van der Waals surface area contributed by atoms with Gasteiger partial charge in [-0.3, -0.25) is 0 Å². The third-order valence-electron chi connectivity index (χ3n) is 2.92. The zero-order chi connectivity index (χ0) is 14.7. The molecule has 1 aromatic carbocycles. The van der Waals surface area contributed by atoms with Gasteiger partial charge in [-0.25, -0.2) is 9.59 Å². The van der Waals surface area contributed by atoms with Crippen molar-refractivity contribution >= 4 is 23.0 Å². The van der Waals surface area contributed by atoms with Crippen molar-refractivity contribution in [3.63, 3.8) is 0 Å². The van der Waals surface area contributed by atoms with Gasteiger partial charge in [-0.1, -0.05) is 6.07 Å². The van der Waals surface area contributed by atoms with Crippen LogP contribution >= 0.6 is 0 Å². The van der Waals surface area contributed by atoms with Gasteiger partial charge >= 0.3 is 11.6 Å². The Bertz CT molecular complexity index is 738. The number of fused-ring (bicyclic) bond motifs is 1. The van der Waals surface area contributed by atoms with Crippen LogP contribution in [-0.4, -0.2) is 12.6 Å². The highest BCUT2D eigenvalue weighted by Gasteiger charge is 2.06. The number of hydrogen-bond donors (Lipinski definition) is 0. The normalized spacial score (nSPS) is 11.2. The van der Waals surface area contributed by atoms with E-state index in [4.69, 9.17) is 9.15 Å². The minimum absolute atomic E-state index is 0.299. The van der Waals surface area contributed by atoms with Gasteiger partial charge in [-0.15, -0.1) is 0 Å². The van der Waals surface area contributed by atoms with Gasteiger partial charge < -0.3 is 9.15 Å². The summed E-state index contributed by atoms with van der Waals surface area (Å²) in [5, 5.41) is 0.860. The maximum atomic E-state index is 11.9. The molecule has 0 saturated heterocycles. The second kappa shape index (κ2) is 5.74. The first-order valence-electron chi connectivity index (χ1n) is 6.41. The van der Waals surface area contributed by atoms with Gasteiger partial charge in [-0.05, 0) is 50.1 Å². The summed E-state index contributed by atoms with van der Waals surface area (Å²) in [4.78, 5) is 23.1. The van der Waals surface area contributed by atoms with Crippen LogP contribution < -0.4 is 5.63 Å². The molecule has 0 fully saturated rings. The fourth-order valence-electron chi connectivity index (χ4n) is 2.05. The highest BCUT2D eigenvalue weighted by atomic mass is 16.5. The SMILES string of the molecule is CCOC(=O)/C=C/c1cc2c(C)cc(C)cc2oc1=O. The standard InChI is InChI=1S/C16H16O4/c1-4-19-15(17)6-5-12-9-13-11(3)7-10(2)8-14(13)20-16(12)18/h5-9H,4H2,1-3H3/b6-5+. The first-order chi connectivity index (χ1) is 9.51. The molecular weight excluding hydrogens is 256 g/mol. The Morgan fingerprint density at radius 1 is 1.30 bits per heavy atom. The van der Waals surface area contributed by atoms with Crippen LogP contribution in [0.4, 0.5) is 0 Å². The molecule has 1 heterocycles. The molecule has 4 nitrogen and oxygen atoms in total. The number of hydrogen-bond acceptors (Lipinski definition) is 4. The van der Waals surface area contributed by atoms with E-state index in [1.165, 1.54) is 12.2 Å². The summed E-state index contributed by atoms with van der Waals surface area (Å²) in [6.45, 7) is 5.92. The summed E-state index contributed by atoms with van der Waals surface area (Å²) in [5.74, 6) is -0.479. The van der Waals surface area contributed by atoms with Gasteiger partial charge in [0.25, 0.3) is 0 Å². The number of carbonyl (C=O) groups excluding carboxylic acids is 1. The number of carbonyl (C=O) groups is 1. The lowest BCUT2D eigenvalue weighted by Crippen LogP contribution is -2.04. The van der Waals surface area contributed by atoms with Crippen LogP contribution in [-0.2, 0) is 9.53 Å². The van der Waals surface area contributed by atoms with Crippen LogP contribution in [0.15, 0.2) is 33.5 Å². The van der Waals surface area contributed by atoms with E-state index in [1.807, 2.05) is 26.0 Å². The van der Waals surface area contributed by atoms with E-state index in [2.05, 4.69) is 0 Å². The van der Waals surface area contributed by atoms with Gasteiger partial charge in [-0.2, -0.15) is 0 Å². The fraction of sp³-hybridized carbons (Fsp3) is 0.250. The van der Waals surface area contributed by atoms with E-state index in [0.29, 0.717) is 17.8 Å². The Kier molecular flexibility index (Phi) is 4.03. The van der Waals surface area contributed by atoms with Crippen molar-refractivity contribution < 1.29 is 13.9 Å². The summed E-state index contributed by atoms with van der Waals surface area (Å²) >= 11 is 0. The molecule has 104 valence electrons. The number of esters is 1. The van der Waals surface area contributed by atoms with Crippen molar-refractivity contribution in [3.8, 4) is 0 Å². The Morgan fingerprint density at radius 3 is 2.75 bits per heavy atom. The molecule has 0 aliphatic heterocycles. The molecular formula is C16H16O4. The summed E-state index contributed by atoms with van der Waals surface area (Å²) in [5.41, 5.74) is 2.48. The van der Waals surface area contributed by atoms with Gasteiger partial charge in [0.15, 0.2) is 0 Å². The number of rotatable bonds is 3. The number of benzene rings is 1. The lowest BCUT2D eigenvalue weighted by Gasteiger charge is -2.04. The molecule has 20 heavy (non-hydrogen) atoms.